The van der Waals surface area contributed by atoms with Crippen LogP contribution in [0.25, 0.3) is 0 Å². The van der Waals surface area contributed by atoms with Crippen LogP contribution in [0.2, 0.25) is 0 Å². The van der Waals surface area contributed by atoms with E-state index in [1.54, 1.807) is 6.07 Å². The topological polar surface area (TPSA) is 12.0 Å². The van der Waals surface area contributed by atoms with Crippen molar-refractivity contribution in [2.75, 3.05) is 7.05 Å². The molecule has 0 radical (unpaired) electrons. The molecule has 0 saturated heterocycles. The van der Waals surface area contributed by atoms with Gasteiger partial charge in [0.15, 0.2) is 0 Å². The molecule has 1 aromatic rings. The summed E-state index contributed by atoms with van der Waals surface area (Å²) in [6, 6.07) is 7.49. The molecule has 4 bridgehead atoms. The van der Waals surface area contributed by atoms with Crippen molar-refractivity contribution in [3.63, 3.8) is 0 Å². The number of nitrogens with one attached hydrogen (secondary N) is 1. The predicted molar refractivity (Wildman–Crippen MR) is 74.6 cm³/mol. The zero-order valence-corrected chi connectivity index (χ0v) is 11.6. The van der Waals surface area contributed by atoms with Crippen LogP contribution >= 0.6 is 0 Å². The number of rotatable bonds is 2. The summed E-state index contributed by atoms with van der Waals surface area (Å²) >= 11 is 0. The number of hydrogen-bond donors (Lipinski definition) is 1. The third-order valence-electron chi connectivity index (χ3n) is 6.04. The molecule has 4 fully saturated rings. The second kappa shape index (κ2) is 3.82. The van der Waals surface area contributed by atoms with E-state index in [1.807, 2.05) is 18.2 Å². The van der Waals surface area contributed by atoms with Gasteiger partial charge in [0.2, 0.25) is 0 Å². The summed E-state index contributed by atoms with van der Waals surface area (Å²) in [6.07, 6.45) is 7.51. The minimum atomic E-state index is 0.00991. The highest BCUT2D eigenvalue weighted by Crippen LogP contribution is 2.62. The van der Waals surface area contributed by atoms with Gasteiger partial charge in [-0.3, -0.25) is 0 Å². The van der Waals surface area contributed by atoms with Crippen molar-refractivity contribution in [1.29, 1.82) is 0 Å². The van der Waals surface area contributed by atoms with Crippen LogP contribution in [0, 0.1) is 17.7 Å². The van der Waals surface area contributed by atoms with Crippen molar-refractivity contribution in [3.8, 4) is 0 Å². The second-order valence-electron chi connectivity index (χ2n) is 7.25. The number of hydrogen-bond acceptors (Lipinski definition) is 1. The van der Waals surface area contributed by atoms with E-state index in [-0.39, 0.29) is 16.8 Å². The highest BCUT2D eigenvalue weighted by atomic mass is 19.1. The normalized spacial score (nSPS) is 43.7. The highest BCUT2D eigenvalue weighted by molar-refractivity contribution is 5.32. The average molecular weight is 259 g/mol. The molecule has 5 rings (SSSR count). The van der Waals surface area contributed by atoms with Crippen LogP contribution in [0.3, 0.4) is 0 Å². The molecule has 4 saturated carbocycles. The second-order valence-corrected chi connectivity index (χ2v) is 7.25. The molecule has 0 heterocycles. The van der Waals surface area contributed by atoms with Gasteiger partial charge >= 0.3 is 0 Å². The fraction of sp³-hybridized carbons (Fsp3) is 0.647. The first-order valence-electron chi connectivity index (χ1n) is 7.59. The molecule has 2 atom stereocenters. The molecule has 1 nitrogen and oxygen atoms in total. The van der Waals surface area contributed by atoms with E-state index < -0.39 is 0 Å². The Bertz CT molecular complexity index is 496. The molecule has 4 aliphatic rings. The van der Waals surface area contributed by atoms with Crippen molar-refractivity contribution < 1.29 is 4.39 Å². The van der Waals surface area contributed by atoms with Crippen LogP contribution in [0.15, 0.2) is 24.3 Å². The maximum absolute atomic E-state index is 14.3. The molecular formula is C17H22FN. The Labute approximate surface area is 114 Å². The fourth-order valence-electron chi connectivity index (χ4n) is 5.76. The van der Waals surface area contributed by atoms with Crippen LogP contribution < -0.4 is 5.32 Å². The van der Waals surface area contributed by atoms with Gasteiger partial charge < -0.3 is 5.32 Å². The number of benzene rings is 1. The Morgan fingerprint density at radius 2 is 1.79 bits per heavy atom. The summed E-state index contributed by atoms with van der Waals surface area (Å²) in [6.45, 7) is 0. The van der Waals surface area contributed by atoms with Crippen molar-refractivity contribution >= 4 is 0 Å². The van der Waals surface area contributed by atoms with Gasteiger partial charge in [0, 0.05) is 11.0 Å². The number of halogens is 1. The minimum Gasteiger partial charge on any atom is -0.314 e. The summed E-state index contributed by atoms with van der Waals surface area (Å²) in [4.78, 5) is 0. The molecule has 102 valence electrons. The van der Waals surface area contributed by atoms with Gasteiger partial charge in [-0.2, -0.15) is 0 Å². The Kier molecular flexibility index (Phi) is 2.39. The maximum Gasteiger partial charge on any atom is 0.126 e. The van der Waals surface area contributed by atoms with E-state index in [4.69, 9.17) is 0 Å². The van der Waals surface area contributed by atoms with Gasteiger partial charge in [0.1, 0.15) is 5.82 Å². The van der Waals surface area contributed by atoms with Crippen LogP contribution in [0.4, 0.5) is 4.39 Å². The average Bonchev–Trinajstić information content (AvgIpc) is 2.37. The van der Waals surface area contributed by atoms with Gasteiger partial charge in [-0.15, -0.1) is 0 Å². The van der Waals surface area contributed by atoms with Crippen molar-refractivity contribution in [2.24, 2.45) is 11.8 Å². The van der Waals surface area contributed by atoms with E-state index >= 15 is 0 Å². The van der Waals surface area contributed by atoms with E-state index in [0.717, 1.165) is 23.8 Å². The predicted octanol–water partition coefficient (Wildman–Crippen LogP) is 3.64. The quantitative estimate of drug-likeness (QED) is 0.855. The van der Waals surface area contributed by atoms with Gasteiger partial charge in [0.05, 0.1) is 0 Å². The molecule has 0 aromatic heterocycles. The van der Waals surface area contributed by atoms with Gasteiger partial charge in [-0.1, -0.05) is 18.2 Å². The first-order valence-corrected chi connectivity index (χ1v) is 7.59. The minimum absolute atomic E-state index is 0.00991. The lowest BCUT2D eigenvalue weighted by molar-refractivity contribution is -0.0386. The molecule has 4 aliphatic carbocycles. The highest BCUT2D eigenvalue weighted by Gasteiger charge is 2.58. The van der Waals surface area contributed by atoms with Crippen molar-refractivity contribution in [3.05, 3.63) is 35.6 Å². The molecule has 19 heavy (non-hydrogen) atoms. The third kappa shape index (κ3) is 1.62. The first kappa shape index (κ1) is 11.9. The van der Waals surface area contributed by atoms with Crippen molar-refractivity contribution in [1.82, 2.24) is 5.32 Å². The summed E-state index contributed by atoms with van der Waals surface area (Å²) in [5.74, 6) is 1.61. The smallest absolute Gasteiger partial charge is 0.126 e. The molecule has 0 amide bonds. The Balaban J connectivity index is 1.81. The fourth-order valence-corrected chi connectivity index (χ4v) is 5.76. The molecule has 1 N–H and O–H groups in total. The summed E-state index contributed by atoms with van der Waals surface area (Å²) in [5, 5.41) is 3.60. The van der Waals surface area contributed by atoms with E-state index in [0.29, 0.717) is 0 Å². The molecule has 0 spiro atoms. The Hall–Kier alpha value is -0.890. The lowest BCUT2D eigenvalue weighted by Gasteiger charge is -2.62. The maximum atomic E-state index is 14.3. The molecule has 2 heteroatoms. The first-order chi connectivity index (χ1) is 9.15. The van der Waals surface area contributed by atoms with Crippen LogP contribution in [-0.2, 0) is 5.41 Å². The van der Waals surface area contributed by atoms with Gasteiger partial charge in [-0.25, -0.2) is 4.39 Å². The van der Waals surface area contributed by atoms with E-state index in [1.165, 1.54) is 32.1 Å². The summed E-state index contributed by atoms with van der Waals surface area (Å²) in [5.41, 5.74) is 1.38. The largest absolute Gasteiger partial charge is 0.314 e. The standard InChI is InChI=1S/C17H22FN/c1-19-17-9-12-6-13(10-17)8-16(7-12,11-17)14-4-2-3-5-15(14)18/h2-5,12-13,19H,6-11H2,1H3. The third-order valence-corrected chi connectivity index (χ3v) is 6.04. The monoisotopic (exact) mass is 259 g/mol. The van der Waals surface area contributed by atoms with Gasteiger partial charge in [-0.05, 0) is 69.0 Å². The molecular weight excluding hydrogens is 237 g/mol. The lowest BCUT2D eigenvalue weighted by atomic mass is 9.45. The molecule has 2 unspecified atom stereocenters. The summed E-state index contributed by atoms with van der Waals surface area (Å²) < 4.78 is 14.3. The van der Waals surface area contributed by atoms with Crippen LogP contribution in [0.5, 0.6) is 0 Å². The molecule has 1 aromatic carbocycles. The zero-order valence-electron chi connectivity index (χ0n) is 11.6. The Morgan fingerprint density at radius 1 is 1.11 bits per heavy atom. The van der Waals surface area contributed by atoms with Gasteiger partial charge in [0.25, 0.3) is 0 Å². The lowest BCUT2D eigenvalue weighted by Crippen LogP contribution is -2.62. The van der Waals surface area contributed by atoms with E-state index in [2.05, 4.69) is 12.4 Å². The van der Waals surface area contributed by atoms with Crippen LogP contribution in [0.1, 0.15) is 44.1 Å². The summed E-state index contributed by atoms with van der Waals surface area (Å²) in [7, 11) is 2.10. The van der Waals surface area contributed by atoms with E-state index in [9.17, 15) is 4.39 Å². The Morgan fingerprint density at radius 3 is 2.42 bits per heavy atom. The van der Waals surface area contributed by atoms with Crippen LogP contribution in [-0.4, -0.2) is 12.6 Å². The zero-order chi connectivity index (χ0) is 13.1. The molecule has 0 aliphatic heterocycles. The SMILES string of the molecule is CNC12CC3CC(C1)CC(c1ccccc1F)(C3)C2. The van der Waals surface area contributed by atoms with Crippen molar-refractivity contribution in [2.45, 2.75) is 49.5 Å².